The monoisotopic (exact) mass is 271 g/mol. The standard InChI is InChI=1S/C13H13N5S/c1-7-6-19-11-10(7)17-12(8-2-3-8)18-13(11)16-9-4-14-15-5-9/h4-6,8H,2-3H2,1H3,(H,14,15)(H,16,17,18). The van der Waals surface area contributed by atoms with E-state index in [1.165, 1.54) is 18.4 Å². The van der Waals surface area contributed by atoms with Crippen LogP contribution in [0.5, 0.6) is 0 Å². The average Bonchev–Trinajstić information content (AvgIpc) is 3.03. The number of nitrogens with one attached hydrogen (secondary N) is 2. The van der Waals surface area contributed by atoms with E-state index in [-0.39, 0.29) is 0 Å². The molecule has 1 saturated carbocycles. The number of H-pyrrole nitrogens is 1. The molecular weight excluding hydrogens is 258 g/mol. The molecule has 0 amide bonds. The summed E-state index contributed by atoms with van der Waals surface area (Å²) in [6.07, 6.45) is 6.00. The Bertz CT molecular complexity index is 727. The normalized spacial score (nSPS) is 15.0. The summed E-state index contributed by atoms with van der Waals surface area (Å²) in [5, 5.41) is 12.2. The van der Waals surface area contributed by atoms with Gasteiger partial charge in [-0.05, 0) is 30.7 Å². The van der Waals surface area contributed by atoms with Crippen molar-refractivity contribution < 1.29 is 0 Å². The first-order chi connectivity index (χ1) is 9.31. The molecule has 1 aliphatic carbocycles. The number of hydrogen-bond acceptors (Lipinski definition) is 5. The Labute approximate surface area is 114 Å². The lowest BCUT2D eigenvalue weighted by Crippen LogP contribution is -1.99. The minimum Gasteiger partial charge on any atom is -0.336 e. The van der Waals surface area contributed by atoms with Crippen LogP contribution >= 0.6 is 11.3 Å². The number of aryl methyl sites for hydroxylation is 1. The largest absolute Gasteiger partial charge is 0.336 e. The van der Waals surface area contributed by atoms with Gasteiger partial charge < -0.3 is 5.32 Å². The van der Waals surface area contributed by atoms with Gasteiger partial charge in [-0.3, -0.25) is 5.10 Å². The molecule has 0 radical (unpaired) electrons. The Kier molecular flexibility index (Phi) is 2.32. The molecule has 0 atom stereocenters. The van der Waals surface area contributed by atoms with Gasteiger partial charge in [-0.2, -0.15) is 5.10 Å². The van der Waals surface area contributed by atoms with E-state index in [4.69, 9.17) is 9.97 Å². The fourth-order valence-corrected chi connectivity index (χ4v) is 3.05. The molecule has 3 aromatic rings. The van der Waals surface area contributed by atoms with Crippen molar-refractivity contribution in [2.24, 2.45) is 0 Å². The van der Waals surface area contributed by atoms with Gasteiger partial charge in [-0.25, -0.2) is 9.97 Å². The predicted octanol–water partition coefficient (Wildman–Crippen LogP) is 3.34. The average molecular weight is 271 g/mol. The zero-order valence-corrected chi connectivity index (χ0v) is 11.3. The van der Waals surface area contributed by atoms with Crippen LogP contribution in [0.1, 0.15) is 30.1 Å². The van der Waals surface area contributed by atoms with Crippen LogP contribution in [0.3, 0.4) is 0 Å². The van der Waals surface area contributed by atoms with E-state index in [1.54, 1.807) is 17.5 Å². The highest BCUT2D eigenvalue weighted by Gasteiger charge is 2.28. The highest BCUT2D eigenvalue weighted by molar-refractivity contribution is 7.18. The Morgan fingerprint density at radius 2 is 2.26 bits per heavy atom. The number of hydrogen-bond donors (Lipinski definition) is 2. The van der Waals surface area contributed by atoms with Gasteiger partial charge in [0.2, 0.25) is 0 Å². The van der Waals surface area contributed by atoms with Crippen LogP contribution in [0.25, 0.3) is 10.2 Å². The molecule has 96 valence electrons. The van der Waals surface area contributed by atoms with Gasteiger partial charge in [0.05, 0.1) is 22.1 Å². The Morgan fingerprint density at radius 3 is 3.00 bits per heavy atom. The van der Waals surface area contributed by atoms with Crippen molar-refractivity contribution in [3.63, 3.8) is 0 Å². The Hall–Kier alpha value is -1.95. The molecule has 6 heteroatoms. The molecule has 5 nitrogen and oxygen atoms in total. The van der Waals surface area contributed by atoms with Gasteiger partial charge >= 0.3 is 0 Å². The number of aromatic amines is 1. The van der Waals surface area contributed by atoms with Crippen molar-refractivity contribution in [1.29, 1.82) is 0 Å². The molecule has 0 bridgehead atoms. The SMILES string of the molecule is Cc1csc2c(Nc3cn[nH]c3)nc(C3CC3)nc12. The van der Waals surface area contributed by atoms with Gasteiger partial charge in [-0.15, -0.1) is 11.3 Å². The summed E-state index contributed by atoms with van der Waals surface area (Å²) in [6, 6.07) is 0. The summed E-state index contributed by atoms with van der Waals surface area (Å²) in [5.74, 6) is 2.42. The fourth-order valence-electron chi connectivity index (χ4n) is 2.11. The minimum atomic E-state index is 0.550. The van der Waals surface area contributed by atoms with Crippen molar-refractivity contribution in [2.45, 2.75) is 25.7 Å². The zero-order chi connectivity index (χ0) is 12.8. The first-order valence-corrected chi connectivity index (χ1v) is 7.21. The lowest BCUT2D eigenvalue weighted by Gasteiger charge is -2.06. The molecule has 3 aromatic heterocycles. The van der Waals surface area contributed by atoms with Gasteiger partial charge in [0.1, 0.15) is 5.82 Å². The molecule has 0 unspecified atom stereocenters. The van der Waals surface area contributed by atoms with Crippen LogP contribution in [-0.2, 0) is 0 Å². The molecule has 19 heavy (non-hydrogen) atoms. The van der Waals surface area contributed by atoms with E-state index in [0.717, 1.165) is 27.5 Å². The number of fused-ring (bicyclic) bond motifs is 1. The van der Waals surface area contributed by atoms with Gasteiger partial charge in [-0.1, -0.05) is 0 Å². The third kappa shape index (κ3) is 1.88. The molecule has 0 saturated heterocycles. The first-order valence-electron chi connectivity index (χ1n) is 6.33. The molecule has 3 heterocycles. The second kappa shape index (κ2) is 4.03. The summed E-state index contributed by atoms with van der Waals surface area (Å²) >= 11 is 1.69. The highest BCUT2D eigenvalue weighted by atomic mass is 32.1. The fraction of sp³-hybridized carbons (Fsp3) is 0.308. The lowest BCUT2D eigenvalue weighted by molar-refractivity contribution is 0.951. The molecule has 1 fully saturated rings. The maximum Gasteiger partial charge on any atom is 0.152 e. The molecule has 0 aliphatic heterocycles. The van der Waals surface area contributed by atoms with Gasteiger partial charge in [0, 0.05) is 12.1 Å². The summed E-state index contributed by atoms with van der Waals surface area (Å²) in [6.45, 7) is 2.10. The van der Waals surface area contributed by atoms with E-state index in [9.17, 15) is 0 Å². The summed E-state index contributed by atoms with van der Waals surface area (Å²) in [4.78, 5) is 9.42. The van der Waals surface area contributed by atoms with Crippen molar-refractivity contribution in [3.8, 4) is 0 Å². The van der Waals surface area contributed by atoms with Gasteiger partial charge in [0.25, 0.3) is 0 Å². The van der Waals surface area contributed by atoms with E-state index >= 15 is 0 Å². The maximum atomic E-state index is 4.72. The van der Waals surface area contributed by atoms with Crippen LogP contribution in [-0.4, -0.2) is 20.2 Å². The topological polar surface area (TPSA) is 66.5 Å². The molecule has 0 aromatic carbocycles. The first kappa shape index (κ1) is 10.9. The van der Waals surface area contributed by atoms with Crippen molar-refractivity contribution in [3.05, 3.63) is 29.2 Å². The number of thiophene rings is 1. The summed E-state index contributed by atoms with van der Waals surface area (Å²) < 4.78 is 1.11. The second-order valence-corrected chi connectivity index (χ2v) is 5.79. The lowest BCUT2D eigenvalue weighted by atomic mass is 10.3. The number of anilines is 2. The predicted molar refractivity (Wildman–Crippen MR) is 76.0 cm³/mol. The number of nitrogens with zero attached hydrogens (tertiary/aromatic N) is 3. The minimum absolute atomic E-state index is 0.550. The smallest absolute Gasteiger partial charge is 0.152 e. The molecular formula is C13H13N5S. The third-order valence-electron chi connectivity index (χ3n) is 3.31. The molecule has 0 spiro atoms. The highest BCUT2D eigenvalue weighted by Crippen LogP contribution is 2.41. The Balaban J connectivity index is 1.86. The van der Waals surface area contributed by atoms with Crippen molar-refractivity contribution in [1.82, 2.24) is 20.2 Å². The van der Waals surface area contributed by atoms with E-state index in [0.29, 0.717) is 5.92 Å². The van der Waals surface area contributed by atoms with Crippen molar-refractivity contribution in [2.75, 3.05) is 5.32 Å². The molecule has 2 N–H and O–H groups in total. The third-order valence-corrected chi connectivity index (χ3v) is 4.41. The van der Waals surface area contributed by atoms with Crippen LogP contribution in [0.15, 0.2) is 17.8 Å². The van der Waals surface area contributed by atoms with E-state index in [2.05, 4.69) is 27.8 Å². The maximum absolute atomic E-state index is 4.72. The number of aromatic nitrogens is 4. The summed E-state index contributed by atoms with van der Waals surface area (Å²) in [7, 11) is 0. The molecule has 4 rings (SSSR count). The summed E-state index contributed by atoms with van der Waals surface area (Å²) in [5.41, 5.74) is 3.22. The molecule has 1 aliphatic rings. The van der Waals surface area contributed by atoms with Gasteiger partial charge in [0.15, 0.2) is 5.82 Å². The second-order valence-electron chi connectivity index (χ2n) is 4.91. The van der Waals surface area contributed by atoms with E-state index in [1.807, 2.05) is 6.20 Å². The zero-order valence-electron chi connectivity index (χ0n) is 10.5. The van der Waals surface area contributed by atoms with Crippen LogP contribution < -0.4 is 5.32 Å². The van der Waals surface area contributed by atoms with Crippen LogP contribution in [0, 0.1) is 6.92 Å². The number of rotatable bonds is 3. The quantitative estimate of drug-likeness (QED) is 0.766. The van der Waals surface area contributed by atoms with Crippen LogP contribution in [0.2, 0.25) is 0 Å². The Morgan fingerprint density at radius 1 is 1.37 bits per heavy atom. The van der Waals surface area contributed by atoms with Crippen molar-refractivity contribution >= 4 is 33.1 Å². The van der Waals surface area contributed by atoms with E-state index < -0.39 is 0 Å². The van der Waals surface area contributed by atoms with Crippen LogP contribution in [0.4, 0.5) is 11.5 Å².